The van der Waals surface area contributed by atoms with E-state index in [-0.39, 0.29) is 11.7 Å². The predicted octanol–water partition coefficient (Wildman–Crippen LogP) is 3.32. The molecule has 0 saturated heterocycles. The summed E-state index contributed by atoms with van der Waals surface area (Å²) < 4.78 is 19.8. The van der Waals surface area contributed by atoms with Crippen molar-refractivity contribution in [3.8, 4) is 17.1 Å². The van der Waals surface area contributed by atoms with Gasteiger partial charge in [0.05, 0.1) is 11.9 Å². The molecule has 1 aromatic heterocycles. The van der Waals surface area contributed by atoms with E-state index in [1.54, 1.807) is 43.3 Å². The Morgan fingerprint density at radius 1 is 1.21 bits per heavy atom. The Morgan fingerprint density at radius 3 is 2.54 bits per heavy atom. The van der Waals surface area contributed by atoms with Crippen molar-refractivity contribution in [2.75, 3.05) is 17.8 Å². The minimum absolute atomic E-state index is 0.194. The molecule has 0 saturated carbocycles. The summed E-state index contributed by atoms with van der Waals surface area (Å²) in [6.07, 6.45) is 0. The highest BCUT2D eigenvalue weighted by atomic mass is 32.2. The van der Waals surface area contributed by atoms with Crippen LogP contribution >= 0.6 is 11.8 Å². The van der Waals surface area contributed by atoms with Crippen LogP contribution in [0.3, 0.4) is 0 Å². The Hall–Kier alpha value is -3.07. The number of nitrogens with one attached hydrogen (secondary N) is 1. The molecule has 3 aromatic rings. The van der Waals surface area contributed by atoms with E-state index in [2.05, 4.69) is 15.5 Å². The largest absolute Gasteiger partial charge is 0.494 e. The molecule has 9 heteroatoms. The molecule has 1 heterocycles. The number of ether oxygens (including phenoxy) is 1. The van der Waals surface area contributed by atoms with Crippen LogP contribution in [0.2, 0.25) is 0 Å². The number of anilines is 1. The molecule has 0 aliphatic heterocycles. The van der Waals surface area contributed by atoms with E-state index in [0.717, 1.165) is 5.75 Å². The second kappa shape index (κ2) is 8.75. The number of rotatable bonds is 7. The second-order valence-corrected chi connectivity index (χ2v) is 7.20. The Balaban J connectivity index is 1.64. The van der Waals surface area contributed by atoms with E-state index in [4.69, 9.17) is 10.6 Å². The smallest absolute Gasteiger partial charge is 0.237 e. The van der Waals surface area contributed by atoms with Crippen molar-refractivity contribution in [2.45, 2.75) is 24.3 Å². The SMILES string of the molecule is CCOc1ccc(NC(=O)[C@H](C)Sc2nnc(-c3ccc(F)cc3)n2N)cc1. The highest BCUT2D eigenvalue weighted by Crippen LogP contribution is 2.26. The number of hydrogen-bond acceptors (Lipinski definition) is 6. The van der Waals surface area contributed by atoms with Crippen LogP contribution in [0.1, 0.15) is 13.8 Å². The molecule has 146 valence electrons. The van der Waals surface area contributed by atoms with Crippen molar-refractivity contribution in [1.82, 2.24) is 14.9 Å². The molecule has 0 bridgehead atoms. The fraction of sp³-hybridized carbons (Fsp3) is 0.211. The number of benzene rings is 2. The fourth-order valence-corrected chi connectivity index (χ4v) is 3.18. The van der Waals surface area contributed by atoms with E-state index in [1.807, 2.05) is 6.92 Å². The van der Waals surface area contributed by atoms with E-state index < -0.39 is 5.25 Å². The Kier molecular flexibility index (Phi) is 6.15. The van der Waals surface area contributed by atoms with Gasteiger partial charge in [-0.25, -0.2) is 9.07 Å². The molecule has 0 aliphatic rings. The molecule has 1 atom stereocenters. The van der Waals surface area contributed by atoms with Crippen LogP contribution in [0.15, 0.2) is 53.7 Å². The molecule has 3 N–H and O–H groups in total. The minimum atomic E-state index is -0.459. The third-order valence-corrected chi connectivity index (χ3v) is 4.91. The van der Waals surface area contributed by atoms with Gasteiger partial charge in [-0.15, -0.1) is 10.2 Å². The number of carbonyl (C=O) groups is 1. The summed E-state index contributed by atoms with van der Waals surface area (Å²) in [6, 6.07) is 12.9. The lowest BCUT2D eigenvalue weighted by molar-refractivity contribution is -0.115. The molecule has 0 spiro atoms. The lowest BCUT2D eigenvalue weighted by Gasteiger charge is -2.12. The molecule has 28 heavy (non-hydrogen) atoms. The van der Waals surface area contributed by atoms with Crippen LogP contribution in [0.25, 0.3) is 11.4 Å². The summed E-state index contributed by atoms with van der Waals surface area (Å²) in [7, 11) is 0. The summed E-state index contributed by atoms with van der Waals surface area (Å²) in [5.41, 5.74) is 1.30. The molecular weight excluding hydrogens is 381 g/mol. The first kappa shape index (κ1) is 19.7. The first-order valence-electron chi connectivity index (χ1n) is 8.64. The Labute approximate surface area is 166 Å². The molecular formula is C19H20FN5O2S. The van der Waals surface area contributed by atoms with Crippen LogP contribution in [0.4, 0.5) is 10.1 Å². The van der Waals surface area contributed by atoms with E-state index in [9.17, 15) is 9.18 Å². The molecule has 3 rings (SSSR count). The average molecular weight is 401 g/mol. The zero-order valence-electron chi connectivity index (χ0n) is 15.4. The molecule has 0 unspecified atom stereocenters. The molecule has 2 aromatic carbocycles. The molecule has 7 nitrogen and oxygen atoms in total. The molecule has 1 amide bonds. The maximum Gasteiger partial charge on any atom is 0.237 e. The van der Waals surface area contributed by atoms with Crippen molar-refractivity contribution in [3.05, 3.63) is 54.3 Å². The standard InChI is InChI=1S/C19H20FN5O2S/c1-3-27-16-10-8-15(9-11-16)22-18(26)12(2)28-19-24-23-17(25(19)21)13-4-6-14(20)7-5-13/h4-12H,3,21H2,1-2H3,(H,22,26)/t12-/m0/s1. The highest BCUT2D eigenvalue weighted by molar-refractivity contribution is 8.00. The number of thioether (sulfide) groups is 1. The summed E-state index contributed by atoms with van der Waals surface area (Å²) in [4.78, 5) is 12.4. The van der Waals surface area contributed by atoms with Crippen molar-refractivity contribution in [2.24, 2.45) is 0 Å². The Morgan fingerprint density at radius 2 is 1.89 bits per heavy atom. The van der Waals surface area contributed by atoms with Crippen molar-refractivity contribution in [1.29, 1.82) is 0 Å². The van der Waals surface area contributed by atoms with Crippen LogP contribution in [-0.2, 0) is 4.79 Å². The first-order valence-corrected chi connectivity index (χ1v) is 9.52. The van der Waals surface area contributed by atoms with Crippen molar-refractivity contribution >= 4 is 23.4 Å². The number of aromatic nitrogens is 3. The monoisotopic (exact) mass is 401 g/mol. The average Bonchev–Trinajstić information content (AvgIpc) is 3.04. The summed E-state index contributed by atoms with van der Waals surface area (Å²) in [5.74, 6) is 6.64. The third kappa shape index (κ3) is 4.61. The zero-order chi connectivity index (χ0) is 20.1. The number of nitrogens with zero attached hydrogens (tertiary/aromatic N) is 3. The number of nitrogen functional groups attached to an aromatic ring is 1. The van der Waals surface area contributed by atoms with Crippen molar-refractivity contribution in [3.63, 3.8) is 0 Å². The summed E-state index contributed by atoms with van der Waals surface area (Å²) in [6.45, 7) is 4.24. The molecule has 0 radical (unpaired) electrons. The third-order valence-electron chi connectivity index (χ3n) is 3.85. The van der Waals surface area contributed by atoms with E-state index in [0.29, 0.717) is 28.8 Å². The molecule has 0 aliphatic carbocycles. The van der Waals surface area contributed by atoms with Gasteiger partial charge < -0.3 is 15.9 Å². The number of halogens is 1. The number of nitrogens with two attached hydrogens (primary N) is 1. The summed E-state index contributed by atoms with van der Waals surface area (Å²) in [5, 5.41) is 10.8. The van der Waals surface area contributed by atoms with Crippen LogP contribution < -0.4 is 15.9 Å². The maximum absolute atomic E-state index is 13.1. The van der Waals surface area contributed by atoms with Gasteiger partial charge in [0.1, 0.15) is 11.6 Å². The second-order valence-electron chi connectivity index (χ2n) is 5.89. The quantitative estimate of drug-likeness (QED) is 0.466. The van der Waals surface area contributed by atoms with Gasteiger partial charge in [0.15, 0.2) is 5.82 Å². The lowest BCUT2D eigenvalue weighted by atomic mass is 10.2. The van der Waals surface area contributed by atoms with Gasteiger partial charge in [-0.1, -0.05) is 11.8 Å². The zero-order valence-corrected chi connectivity index (χ0v) is 16.2. The number of amides is 1. The van der Waals surface area contributed by atoms with E-state index >= 15 is 0 Å². The van der Waals surface area contributed by atoms with Gasteiger partial charge in [0.2, 0.25) is 11.1 Å². The van der Waals surface area contributed by atoms with Gasteiger partial charge in [0, 0.05) is 11.3 Å². The van der Waals surface area contributed by atoms with Crippen molar-refractivity contribution < 1.29 is 13.9 Å². The first-order chi connectivity index (χ1) is 13.5. The van der Waals surface area contributed by atoms with Gasteiger partial charge in [-0.3, -0.25) is 4.79 Å². The number of carbonyl (C=O) groups excluding carboxylic acids is 1. The maximum atomic E-state index is 13.1. The minimum Gasteiger partial charge on any atom is -0.494 e. The van der Waals surface area contributed by atoms with E-state index in [1.165, 1.54) is 28.6 Å². The Bertz CT molecular complexity index is 944. The van der Waals surface area contributed by atoms with Gasteiger partial charge in [-0.2, -0.15) is 0 Å². The fourth-order valence-electron chi connectivity index (χ4n) is 2.41. The van der Waals surface area contributed by atoms with Gasteiger partial charge in [0.25, 0.3) is 0 Å². The van der Waals surface area contributed by atoms with Crippen LogP contribution in [-0.4, -0.2) is 32.6 Å². The van der Waals surface area contributed by atoms with Crippen LogP contribution in [0.5, 0.6) is 5.75 Å². The lowest BCUT2D eigenvalue weighted by Crippen LogP contribution is -2.23. The normalized spacial score (nSPS) is 11.8. The number of hydrogen-bond donors (Lipinski definition) is 2. The summed E-state index contributed by atoms with van der Waals surface area (Å²) >= 11 is 1.18. The highest BCUT2D eigenvalue weighted by Gasteiger charge is 2.20. The topological polar surface area (TPSA) is 95.1 Å². The van der Waals surface area contributed by atoms with Gasteiger partial charge >= 0.3 is 0 Å². The van der Waals surface area contributed by atoms with Crippen LogP contribution in [0, 0.1) is 5.82 Å². The predicted molar refractivity (Wildman–Crippen MR) is 107 cm³/mol. The van der Waals surface area contributed by atoms with Gasteiger partial charge in [-0.05, 0) is 62.4 Å². The molecule has 0 fully saturated rings.